The normalized spacial score (nSPS) is 16.3. The van der Waals surface area contributed by atoms with Crippen LogP contribution in [0.15, 0.2) is 51.8 Å². The lowest BCUT2D eigenvalue weighted by Gasteiger charge is -2.31. The number of piperidine rings is 1. The molecule has 2 aromatic carbocycles. The maximum Gasteiger partial charge on any atom is 0.254 e. The fourth-order valence-corrected chi connectivity index (χ4v) is 4.87. The van der Waals surface area contributed by atoms with Crippen LogP contribution in [-0.4, -0.2) is 37.8 Å². The van der Waals surface area contributed by atoms with Gasteiger partial charge in [0.15, 0.2) is 0 Å². The second-order valence-corrected chi connectivity index (χ2v) is 9.44. The first-order valence-corrected chi connectivity index (χ1v) is 10.8. The summed E-state index contributed by atoms with van der Waals surface area (Å²) in [5.41, 5.74) is 0.967. The molecule has 1 saturated heterocycles. The van der Waals surface area contributed by atoms with E-state index in [1.807, 2.05) is 6.92 Å². The Labute approximate surface area is 166 Å². The van der Waals surface area contributed by atoms with Gasteiger partial charge in [0.05, 0.1) is 10.5 Å². The second kappa shape index (κ2) is 8.08. The van der Waals surface area contributed by atoms with Crippen molar-refractivity contribution in [3.63, 3.8) is 0 Å². The second-order valence-electron chi connectivity index (χ2n) is 6.59. The molecule has 27 heavy (non-hydrogen) atoms. The van der Waals surface area contributed by atoms with Gasteiger partial charge in [0.2, 0.25) is 10.0 Å². The Kier molecular flexibility index (Phi) is 5.98. The number of aryl methyl sites for hydroxylation is 1. The highest BCUT2D eigenvalue weighted by atomic mass is 79.9. The summed E-state index contributed by atoms with van der Waals surface area (Å²) < 4.78 is 41.3. The number of sulfonamides is 1. The van der Waals surface area contributed by atoms with Gasteiger partial charge in [-0.1, -0.05) is 33.6 Å². The quantitative estimate of drug-likeness (QED) is 0.768. The first-order valence-electron chi connectivity index (χ1n) is 8.60. The molecule has 2 aromatic rings. The van der Waals surface area contributed by atoms with Crippen molar-refractivity contribution in [1.29, 1.82) is 0 Å². The molecule has 0 saturated carbocycles. The molecule has 1 aliphatic rings. The largest absolute Gasteiger partial charge is 0.349 e. The molecule has 0 atom stereocenters. The van der Waals surface area contributed by atoms with E-state index >= 15 is 0 Å². The molecule has 0 bridgehead atoms. The third-order valence-electron chi connectivity index (χ3n) is 4.62. The molecule has 144 valence electrons. The van der Waals surface area contributed by atoms with E-state index in [1.54, 1.807) is 24.3 Å². The standard InChI is InChI=1S/C19H20BrFN2O3S/c1-13-2-5-16(6-3-13)27(25,26)23-10-8-15(9-11-23)22-19(24)17-12-14(20)4-7-18(17)21/h2-7,12,15H,8-11H2,1H3,(H,22,24). The van der Waals surface area contributed by atoms with Crippen LogP contribution in [0.4, 0.5) is 4.39 Å². The van der Waals surface area contributed by atoms with Gasteiger partial charge in [-0.3, -0.25) is 4.79 Å². The summed E-state index contributed by atoms with van der Waals surface area (Å²) in [6, 6.07) is 10.8. The fourth-order valence-electron chi connectivity index (χ4n) is 3.03. The maximum absolute atomic E-state index is 13.8. The Morgan fingerprint density at radius 3 is 2.41 bits per heavy atom. The van der Waals surface area contributed by atoms with Crippen LogP contribution < -0.4 is 5.32 Å². The van der Waals surface area contributed by atoms with Gasteiger partial charge in [0.1, 0.15) is 5.82 Å². The smallest absolute Gasteiger partial charge is 0.254 e. The zero-order chi connectivity index (χ0) is 19.6. The van der Waals surface area contributed by atoms with E-state index < -0.39 is 21.7 Å². The van der Waals surface area contributed by atoms with E-state index in [4.69, 9.17) is 0 Å². The molecule has 1 N–H and O–H groups in total. The molecule has 3 rings (SSSR count). The lowest BCUT2D eigenvalue weighted by atomic mass is 10.1. The number of carbonyl (C=O) groups excluding carboxylic acids is 1. The zero-order valence-corrected chi connectivity index (χ0v) is 17.2. The summed E-state index contributed by atoms with van der Waals surface area (Å²) in [5, 5.41) is 2.80. The van der Waals surface area contributed by atoms with Gasteiger partial charge in [-0.05, 0) is 50.1 Å². The molecule has 0 radical (unpaired) electrons. The van der Waals surface area contributed by atoms with Gasteiger partial charge >= 0.3 is 0 Å². The van der Waals surface area contributed by atoms with E-state index in [1.165, 1.54) is 22.5 Å². The predicted molar refractivity (Wildman–Crippen MR) is 105 cm³/mol. The van der Waals surface area contributed by atoms with Crippen LogP contribution in [0, 0.1) is 12.7 Å². The van der Waals surface area contributed by atoms with Gasteiger partial charge in [0.25, 0.3) is 5.91 Å². The minimum absolute atomic E-state index is 0.0286. The highest BCUT2D eigenvalue weighted by molar-refractivity contribution is 9.10. The van der Waals surface area contributed by atoms with Gasteiger partial charge in [-0.25, -0.2) is 12.8 Å². The number of hydrogen-bond acceptors (Lipinski definition) is 3. The maximum atomic E-state index is 13.8. The van der Waals surface area contributed by atoms with E-state index in [0.717, 1.165) is 5.56 Å². The lowest BCUT2D eigenvalue weighted by molar-refractivity contribution is 0.0919. The van der Waals surface area contributed by atoms with Crippen LogP contribution in [0.2, 0.25) is 0 Å². The Hall–Kier alpha value is -1.77. The van der Waals surface area contributed by atoms with E-state index in [0.29, 0.717) is 30.4 Å². The summed E-state index contributed by atoms with van der Waals surface area (Å²) in [6.45, 7) is 2.52. The number of benzene rings is 2. The molecular formula is C19H20BrFN2O3S. The van der Waals surface area contributed by atoms with Crippen LogP contribution in [0.25, 0.3) is 0 Å². The van der Waals surface area contributed by atoms with Crippen molar-refractivity contribution in [3.8, 4) is 0 Å². The van der Waals surface area contributed by atoms with Gasteiger partial charge in [-0.2, -0.15) is 4.31 Å². The topological polar surface area (TPSA) is 66.5 Å². The van der Waals surface area contributed by atoms with Crippen molar-refractivity contribution in [1.82, 2.24) is 9.62 Å². The SMILES string of the molecule is Cc1ccc(S(=O)(=O)N2CCC(NC(=O)c3cc(Br)ccc3F)CC2)cc1. The molecule has 0 aliphatic carbocycles. The predicted octanol–water partition coefficient (Wildman–Crippen LogP) is 3.48. The van der Waals surface area contributed by atoms with Crippen LogP contribution >= 0.6 is 15.9 Å². The molecule has 0 aromatic heterocycles. The monoisotopic (exact) mass is 454 g/mol. The highest BCUT2D eigenvalue weighted by Gasteiger charge is 2.30. The van der Waals surface area contributed by atoms with E-state index in [9.17, 15) is 17.6 Å². The third kappa shape index (κ3) is 4.56. The molecule has 1 fully saturated rings. The van der Waals surface area contributed by atoms with Crippen molar-refractivity contribution in [3.05, 3.63) is 63.9 Å². The van der Waals surface area contributed by atoms with Crippen molar-refractivity contribution in [2.75, 3.05) is 13.1 Å². The van der Waals surface area contributed by atoms with Crippen molar-refractivity contribution < 1.29 is 17.6 Å². The van der Waals surface area contributed by atoms with E-state index in [2.05, 4.69) is 21.2 Å². The number of rotatable bonds is 4. The average Bonchev–Trinajstić information content (AvgIpc) is 2.64. The Morgan fingerprint density at radius 2 is 1.78 bits per heavy atom. The zero-order valence-electron chi connectivity index (χ0n) is 14.8. The molecule has 1 aliphatic heterocycles. The summed E-state index contributed by atoms with van der Waals surface area (Å²) in [6.07, 6.45) is 0.957. The Balaban J connectivity index is 1.62. The molecule has 8 heteroatoms. The number of halogens is 2. The summed E-state index contributed by atoms with van der Waals surface area (Å²) >= 11 is 3.23. The van der Waals surface area contributed by atoms with Crippen LogP contribution in [-0.2, 0) is 10.0 Å². The van der Waals surface area contributed by atoms with Gasteiger partial charge < -0.3 is 5.32 Å². The van der Waals surface area contributed by atoms with Crippen molar-refractivity contribution in [2.45, 2.75) is 30.7 Å². The molecule has 0 unspecified atom stereocenters. The first kappa shape index (κ1) is 20.0. The summed E-state index contributed by atoms with van der Waals surface area (Å²) in [7, 11) is -3.54. The number of nitrogens with one attached hydrogen (secondary N) is 1. The number of nitrogens with zero attached hydrogens (tertiary/aromatic N) is 1. The van der Waals surface area contributed by atoms with E-state index in [-0.39, 0.29) is 16.5 Å². The summed E-state index contributed by atoms with van der Waals surface area (Å²) in [5.74, 6) is -1.08. The van der Waals surface area contributed by atoms with Gasteiger partial charge in [0, 0.05) is 23.6 Å². The molecule has 0 spiro atoms. The van der Waals surface area contributed by atoms with Crippen LogP contribution in [0.5, 0.6) is 0 Å². The van der Waals surface area contributed by atoms with Crippen LogP contribution in [0.1, 0.15) is 28.8 Å². The average molecular weight is 455 g/mol. The minimum atomic E-state index is -3.54. The number of hydrogen-bond donors (Lipinski definition) is 1. The number of amides is 1. The lowest BCUT2D eigenvalue weighted by Crippen LogP contribution is -2.46. The molecule has 1 amide bonds. The Bertz CT molecular complexity index is 940. The first-order chi connectivity index (χ1) is 12.8. The molecule has 5 nitrogen and oxygen atoms in total. The molecular weight excluding hydrogens is 435 g/mol. The summed E-state index contributed by atoms with van der Waals surface area (Å²) in [4.78, 5) is 12.6. The third-order valence-corrected chi connectivity index (χ3v) is 7.03. The number of carbonyl (C=O) groups is 1. The Morgan fingerprint density at radius 1 is 1.15 bits per heavy atom. The highest BCUT2D eigenvalue weighted by Crippen LogP contribution is 2.22. The van der Waals surface area contributed by atoms with Gasteiger partial charge in [-0.15, -0.1) is 0 Å². The molecule has 1 heterocycles. The van der Waals surface area contributed by atoms with Crippen molar-refractivity contribution >= 4 is 31.9 Å². The van der Waals surface area contributed by atoms with Crippen molar-refractivity contribution in [2.24, 2.45) is 0 Å². The fraction of sp³-hybridized carbons (Fsp3) is 0.316. The minimum Gasteiger partial charge on any atom is -0.349 e. The van der Waals surface area contributed by atoms with Crippen LogP contribution in [0.3, 0.4) is 0 Å².